The zero-order valence-corrected chi connectivity index (χ0v) is 21.5. The van der Waals surface area contributed by atoms with Crippen LogP contribution < -0.4 is 15.7 Å². The van der Waals surface area contributed by atoms with Crippen LogP contribution in [0.15, 0.2) is 53.9 Å². The summed E-state index contributed by atoms with van der Waals surface area (Å²) in [6, 6.07) is 15.1. The van der Waals surface area contributed by atoms with Crippen molar-refractivity contribution in [3.63, 3.8) is 0 Å². The molecule has 0 bridgehead atoms. The van der Waals surface area contributed by atoms with E-state index < -0.39 is 11.4 Å². The maximum Gasteiger partial charge on any atom is 0.279 e. The molecule has 0 saturated heterocycles. The van der Waals surface area contributed by atoms with Crippen molar-refractivity contribution in [1.29, 1.82) is 0 Å². The minimum absolute atomic E-state index is 0.0686. The molecule has 1 aliphatic carbocycles. The van der Waals surface area contributed by atoms with Gasteiger partial charge in [-0.2, -0.15) is 0 Å². The van der Waals surface area contributed by atoms with E-state index in [-0.39, 0.29) is 24.8 Å². The Kier molecular flexibility index (Phi) is 7.23. The molecule has 3 aromatic rings. The summed E-state index contributed by atoms with van der Waals surface area (Å²) >= 11 is 1.41. The van der Waals surface area contributed by atoms with Crippen molar-refractivity contribution < 1.29 is 24.0 Å². The van der Waals surface area contributed by atoms with Gasteiger partial charge in [0.15, 0.2) is 6.54 Å². The van der Waals surface area contributed by atoms with Crippen LogP contribution in [0.4, 0.5) is 5.69 Å². The monoisotopic (exact) mass is 506 g/mol. The number of carbonyl (C=O) groups is 3. The van der Waals surface area contributed by atoms with Crippen molar-refractivity contribution in [3.8, 4) is 11.3 Å². The molecule has 4 rings (SSSR count). The Labute approximate surface area is 214 Å². The van der Waals surface area contributed by atoms with Gasteiger partial charge >= 0.3 is 0 Å². The molecule has 0 unspecified atom stereocenters. The second-order valence-corrected chi connectivity index (χ2v) is 11.3. The maximum atomic E-state index is 13.2. The van der Waals surface area contributed by atoms with Gasteiger partial charge < -0.3 is 25.0 Å². The number of hydrogen-bond acceptors (Lipinski definition) is 6. The highest BCUT2D eigenvalue weighted by Gasteiger charge is 2.43. The van der Waals surface area contributed by atoms with Crippen molar-refractivity contribution in [2.24, 2.45) is 5.41 Å². The number of likely N-dealkylation sites (N-methyl/N-ethyl adjacent to an activating group) is 1. The summed E-state index contributed by atoms with van der Waals surface area (Å²) in [6.07, 6.45) is 0.417. The van der Waals surface area contributed by atoms with Crippen LogP contribution in [0.3, 0.4) is 0 Å². The summed E-state index contributed by atoms with van der Waals surface area (Å²) in [7, 11) is 5.87. The van der Waals surface area contributed by atoms with Crippen LogP contribution in [-0.2, 0) is 33.8 Å². The lowest BCUT2D eigenvalue weighted by molar-refractivity contribution is -0.861. The Hall–Kier alpha value is -3.56. The summed E-state index contributed by atoms with van der Waals surface area (Å²) in [5, 5.41) is 19.9. The van der Waals surface area contributed by atoms with Crippen molar-refractivity contribution in [2.75, 3.05) is 33.0 Å². The van der Waals surface area contributed by atoms with E-state index in [1.807, 2.05) is 75.1 Å². The first-order valence-electron chi connectivity index (χ1n) is 11.7. The number of anilines is 1. The van der Waals surface area contributed by atoms with E-state index in [1.54, 1.807) is 0 Å². The standard InChI is InChI=1S/C27H30N4O4S/c1-31(2,3)16-23(32)29-21-10-6-9-18(11-21)22-17-36-24(30-22)15-28-26(35)27(14-25(33)34)12-19-7-4-5-8-20(19)13-27/h4-11,17H,12-16H2,1-3H3,(H2-,28,29,32,33,34,35). The maximum absolute atomic E-state index is 13.2. The largest absolute Gasteiger partial charge is 0.550 e. The lowest BCUT2D eigenvalue weighted by Gasteiger charge is -2.28. The topological polar surface area (TPSA) is 111 Å². The van der Waals surface area contributed by atoms with Crippen LogP contribution in [-0.4, -0.2) is 54.9 Å². The summed E-state index contributed by atoms with van der Waals surface area (Å²) < 4.78 is 0.531. The van der Waals surface area contributed by atoms with Gasteiger partial charge in [-0.25, -0.2) is 4.98 Å². The first-order valence-corrected chi connectivity index (χ1v) is 12.6. The smallest absolute Gasteiger partial charge is 0.279 e. The molecule has 36 heavy (non-hydrogen) atoms. The van der Waals surface area contributed by atoms with Crippen LogP contribution in [0.2, 0.25) is 0 Å². The number of hydrogen-bond donors (Lipinski definition) is 2. The number of carbonyl (C=O) groups excluding carboxylic acids is 3. The van der Waals surface area contributed by atoms with Crippen LogP contribution >= 0.6 is 11.3 Å². The van der Waals surface area contributed by atoms with E-state index in [4.69, 9.17) is 0 Å². The molecule has 8 nitrogen and oxygen atoms in total. The molecule has 1 heterocycles. The summed E-state index contributed by atoms with van der Waals surface area (Å²) in [5.41, 5.74) is 3.23. The Morgan fingerprint density at radius 2 is 1.75 bits per heavy atom. The highest BCUT2D eigenvalue weighted by Crippen LogP contribution is 2.40. The lowest BCUT2D eigenvalue weighted by atomic mass is 9.80. The number of amides is 2. The molecule has 0 aliphatic heterocycles. The van der Waals surface area contributed by atoms with E-state index in [2.05, 4.69) is 15.6 Å². The highest BCUT2D eigenvalue weighted by atomic mass is 32.1. The Morgan fingerprint density at radius 1 is 1.06 bits per heavy atom. The van der Waals surface area contributed by atoms with E-state index in [0.717, 1.165) is 22.4 Å². The fourth-order valence-corrected chi connectivity index (χ4v) is 5.33. The molecule has 0 saturated carbocycles. The third kappa shape index (κ3) is 6.16. The van der Waals surface area contributed by atoms with Crippen molar-refractivity contribution in [3.05, 3.63) is 70.0 Å². The van der Waals surface area contributed by atoms with E-state index in [0.29, 0.717) is 34.6 Å². The van der Waals surface area contributed by atoms with E-state index >= 15 is 0 Å². The lowest BCUT2D eigenvalue weighted by Crippen LogP contribution is -2.45. The number of rotatable bonds is 9. The number of benzene rings is 2. The predicted molar refractivity (Wildman–Crippen MR) is 137 cm³/mol. The number of nitrogens with one attached hydrogen (secondary N) is 2. The Bertz CT molecular complexity index is 1270. The minimum Gasteiger partial charge on any atom is -0.550 e. The van der Waals surface area contributed by atoms with Gasteiger partial charge in [-0.1, -0.05) is 36.4 Å². The fourth-order valence-electron chi connectivity index (χ4n) is 4.59. The van der Waals surface area contributed by atoms with Crippen LogP contribution in [0, 0.1) is 5.41 Å². The van der Waals surface area contributed by atoms with Gasteiger partial charge in [0, 0.05) is 29.0 Å². The first-order chi connectivity index (χ1) is 17.0. The van der Waals surface area contributed by atoms with Crippen LogP contribution in [0.5, 0.6) is 0 Å². The number of thiazole rings is 1. The number of aliphatic carboxylic acids is 1. The van der Waals surface area contributed by atoms with Crippen molar-refractivity contribution in [2.45, 2.75) is 25.8 Å². The number of quaternary nitrogens is 1. The van der Waals surface area contributed by atoms with Gasteiger partial charge in [0.1, 0.15) is 5.01 Å². The summed E-state index contributed by atoms with van der Waals surface area (Å²) in [4.78, 5) is 41.6. The SMILES string of the molecule is C[N+](C)(C)CC(=O)Nc1cccc(-c2csc(CNC(=O)C3(CC(=O)[O-])Cc4ccccc4C3)n2)c1. The van der Waals surface area contributed by atoms with Crippen LogP contribution in [0.1, 0.15) is 22.6 Å². The number of carboxylic acid groups (broad SMARTS) is 1. The highest BCUT2D eigenvalue weighted by molar-refractivity contribution is 7.09. The van der Waals surface area contributed by atoms with Gasteiger partial charge in [-0.15, -0.1) is 11.3 Å². The van der Waals surface area contributed by atoms with Gasteiger partial charge in [0.25, 0.3) is 5.91 Å². The summed E-state index contributed by atoms with van der Waals surface area (Å²) in [5.74, 6) is -1.61. The van der Waals surface area contributed by atoms with Gasteiger partial charge in [0.05, 0.1) is 38.8 Å². The van der Waals surface area contributed by atoms with Crippen LogP contribution in [0.25, 0.3) is 11.3 Å². The predicted octanol–water partition coefficient (Wildman–Crippen LogP) is 2.00. The molecule has 2 aromatic carbocycles. The first kappa shape index (κ1) is 25.5. The third-order valence-electron chi connectivity index (χ3n) is 6.15. The fraction of sp³-hybridized carbons (Fsp3) is 0.333. The molecule has 0 spiro atoms. The normalized spacial score (nSPS) is 14.2. The molecule has 0 radical (unpaired) electrons. The molecule has 2 amide bonds. The Balaban J connectivity index is 1.42. The molecule has 0 atom stereocenters. The average molecular weight is 507 g/mol. The molecule has 2 N–H and O–H groups in total. The zero-order chi connectivity index (χ0) is 25.9. The van der Waals surface area contributed by atoms with Gasteiger partial charge in [0.2, 0.25) is 5.91 Å². The van der Waals surface area contributed by atoms with Gasteiger partial charge in [-0.3, -0.25) is 9.59 Å². The zero-order valence-electron chi connectivity index (χ0n) is 20.7. The quantitative estimate of drug-likeness (QED) is 0.431. The number of nitrogens with zero attached hydrogens (tertiary/aromatic N) is 2. The van der Waals surface area contributed by atoms with Crippen molar-refractivity contribution >= 4 is 34.8 Å². The molecular formula is C27H30N4O4S. The molecular weight excluding hydrogens is 476 g/mol. The molecule has 188 valence electrons. The molecule has 9 heteroatoms. The van der Waals surface area contributed by atoms with Crippen molar-refractivity contribution in [1.82, 2.24) is 10.3 Å². The number of fused-ring (bicyclic) bond motifs is 1. The average Bonchev–Trinajstić information content (AvgIpc) is 3.41. The molecule has 1 aromatic heterocycles. The summed E-state index contributed by atoms with van der Waals surface area (Å²) in [6.45, 7) is 0.559. The third-order valence-corrected chi connectivity index (χ3v) is 7.00. The number of aromatic nitrogens is 1. The molecule has 1 aliphatic rings. The second kappa shape index (κ2) is 10.2. The second-order valence-electron chi connectivity index (χ2n) is 10.3. The Morgan fingerprint density at radius 3 is 2.39 bits per heavy atom. The molecule has 0 fully saturated rings. The minimum atomic E-state index is -1.23. The number of carboxylic acids is 1. The van der Waals surface area contributed by atoms with E-state index in [1.165, 1.54) is 11.3 Å². The van der Waals surface area contributed by atoms with E-state index in [9.17, 15) is 19.5 Å². The van der Waals surface area contributed by atoms with Gasteiger partial charge in [-0.05, 0) is 36.1 Å².